The molecule has 3 rings (SSSR count). The first-order chi connectivity index (χ1) is 17.4. The molecule has 8 heteroatoms. The molecule has 0 fully saturated rings. The van der Waals surface area contributed by atoms with Crippen molar-refractivity contribution in [2.75, 3.05) is 12.3 Å². The van der Waals surface area contributed by atoms with Gasteiger partial charge in [-0.1, -0.05) is 84.5 Å². The molecule has 3 aromatic carbocycles. The topological polar surface area (TPSA) is 49.4 Å². The first kappa shape index (κ1) is 28.4. The lowest BCUT2D eigenvalue weighted by Crippen LogP contribution is -2.51. The molecule has 3 aromatic rings. The van der Waals surface area contributed by atoms with E-state index in [1.54, 1.807) is 35.2 Å². The average Bonchev–Trinajstić information content (AvgIpc) is 2.88. The SMILES string of the molecule is CCCCNC(=O)[C@H](Cc1ccccc1)N(Cc1c(Cl)cccc1Cl)C(=O)CSc1ccc(Cl)cc1. The van der Waals surface area contributed by atoms with Crippen LogP contribution in [0.15, 0.2) is 77.7 Å². The fraction of sp³-hybridized carbons (Fsp3) is 0.286. The van der Waals surface area contributed by atoms with E-state index in [-0.39, 0.29) is 24.1 Å². The Kier molecular flexibility index (Phi) is 11.5. The lowest BCUT2D eigenvalue weighted by molar-refractivity contribution is -0.139. The van der Waals surface area contributed by atoms with E-state index in [4.69, 9.17) is 34.8 Å². The number of amides is 2. The van der Waals surface area contributed by atoms with Crippen LogP contribution in [0.25, 0.3) is 0 Å². The van der Waals surface area contributed by atoms with Crippen molar-refractivity contribution in [1.29, 1.82) is 0 Å². The molecule has 0 heterocycles. The first-order valence-electron chi connectivity index (χ1n) is 11.8. The van der Waals surface area contributed by atoms with E-state index in [0.717, 1.165) is 23.3 Å². The second-order valence-electron chi connectivity index (χ2n) is 8.31. The number of unbranched alkanes of at least 4 members (excludes halogenated alkanes) is 1. The Hall–Kier alpha value is -2.18. The van der Waals surface area contributed by atoms with Crippen molar-refractivity contribution < 1.29 is 9.59 Å². The van der Waals surface area contributed by atoms with Crippen LogP contribution in [0.2, 0.25) is 15.1 Å². The molecule has 0 aromatic heterocycles. The molecule has 0 saturated carbocycles. The van der Waals surface area contributed by atoms with Gasteiger partial charge in [-0.05, 0) is 48.4 Å². The Labute approximate surface area is 232 Å². The first-order valence-corrected chi connectivity index (χ1v) is 13.9. The Morgan fingerprint density at radius 1 is 0.917 bits per heavy atom. The molecular formula is C28H29Cl3N2O2S. The lowest BCUT2D eigenvalue weighted by Gasteiger charge is -2.32. The van der Waals surface area contributed by atoms with Crippen LogP contribution >= 0.6 is 46.6 Å². The molecule has 0 bridgehead atoms. The van der Waals surface area contributed by atoms with Gasteiger partial charge < -0.3 is 10.2 Å². The molecule has 0 aliphatic heterocycles. The predicted octanol–water partition coefficient (Wildman–Crippen LogP) is 7.30. The van der Waals surface area contributed by atoms with Gasteiger partial charge >= 0.3 is 0 Å². The Balaban J connectivity index is 1.92. The zero-order valence-corrected chi connectivity index (χ0v) is 23.1. The molecule has 0 aliphatic rings. The summed E-state index contributed by atoms with van der Waals surface area (Å²) in [6.07, 6.45) is 2.19. The summed E-state index contributed by atoms with van der Waals surface area (Å²) in [6, 6.07) is 21.5. The van der Waals surface area contributed by atoms with Gasteiger partial charge in [-0.15, -0.1) is 11.8 Å². The molecule has 190 valence electrons. The van der Waals surface area contributed by atoms with Gasteiger partial charge in [-0.2, -0.15) is 0 Å². The second kappa shape index (κ2) is 14.5. The Morgan fingerprint density at radius 3 is 2.22 bits per heavy atom. The van der Waals surface area contributed by atoms with Crippen LogP contribution in [0.5, 0.6) is 0 Å². The number of nitrogens with zero attached hydrogens (tertiary/aromatic N) is 1. The lowest BCUT2D eigenvalue weighted by atomic mass is 10.0. The van der Waals surface area contributed by atoms with Crippen LogP contribution in [0.1, 0.15) is 30.9 Å². The third kappa shape index (κ3) is 8.45. The summed E-state index contributed by atoms with van der Waals surface area (Å²) < 4.78 is 0. The third-order valence-corrected chi connectivity index (χ3v) is 7.62. The standard InChI is InChI=1S/C28H29Cl3N2O2S/c1-2-3-16-32-28(35)26(17-20-8-5-4-6-9-20)33(18-23-24(30)10-7-11-25(23)31)27(34)19-36-22-14-12-21(29)13-15-22/h4-15,26H,2-3,16-19H2,1H3,(H,32,35)/t26-/m0/s1. The molecule has 2 amide bonds. The predicted molar refractivity (Wildman–Crippen MR) is 151 cm³/mol. The number of hydrogen-bond donors (Lipinski definition) is 1. The van der Waals surface area contributed by atoms with Crippen LogP contribution in [0.3, 0.4) is 0 Å². The fourth-order valence-corrected chi connectivity index (χ4v) is 5.10. The second-order valence-corrected chi connectivity index (χ2v) is 10.6. The fourth-order valence-electron chi connectivity index (χ4n) is 3.67. The van der Waals surface area contributed by atoms with E-state index in [1.165, 1.54) is 11.8 Å². The molecule has 0 radical (unpaired) electrons. The number of benzene rings is 3. The summed E-state index contributed by atoms with van der Waals surface area (Å²) in [5.74, 6) is -0.227. The van der Waals surface area contributed by atoms with Crippen LogP contribution in [-0.4, -0.2) is 35.1 Å². The van der Waals surface area contributed by atoms with Gasteiger partial charge in [0.15, 0.2) is 0 Å². The minimum Gasteiger partial charge on any atom is -0.354 e. The summed E-state index contributed by atoms with van der Waals surface area (Å²) in [5, 5.41) is 4.55. The summed E-state index contributed by atoms with van der Waals surface area (Å²) in [4.78, 5) is 29.7. The molecular weight excluding hydrogens is 535 g/mol. The van der Waals surface area contributed by atoms with Crippen molar-refractivity contribution in [3.8, 4) is 0 Å². The van der Waals surface area contributed by atoms with Gasteiger partial charge in [-0.25, -0.2) is 0 Å². The maximum Gasteiger partial charge on any atom is 0.243 e. The van der Waals surface area contributed by atoms with E-state index < -0.39 is 6.04 Å². The average molecular weight is 564 g/mol. The largest absolute Gasteiger partial charge is 0.354 e. The molecule has 0 saturated heterocycles. The van der Waals surface area contributed by atoms with Crippen molar-refractivity contribution in [3.63, 3.8) is 0 Å². The highest BCUT2D eigenvalue weighted by Crippen LogP contribution is 2.28. The molecule has 1 atom stereocenters. The normalized spacial score (nSPS) is 11.7. The number of carbonyl (C=O) groups excluding carboxylic acids is 2. The summed E-state index contributed by atoms with van der Waals surface area (Å²) in [7, 11) is 0. The molecule has 0 spiro atoms. The van der Waals surface area contributed by atoms with Crippen molar-refractivity contribution >= 4 is 58.4 Å². The van der Waals surface area contributed by atoms with Crippen molar-refractivity contribution in [2.45, 2.75) is 43.7 Å². The zero-order chi connectivity index (χ0) is 25.9. The van der Waals surface area contributed by atoms with Gasteiger partial charge in [0.1, 0.15) is 6.04 Å². The summed E-state index contributed by atoms with van der Waals surface area (Å²) in [5.41, 5.74) is 1.58. The number of thioether (sulfide) groups is 1. The smallest absolute Gasteiger partial charge is 0.243 e. The van der Waals surface area contributed by atoms with E-state index in [9.17, 15) is 9.59 Å². The minimum absolute atomic E-state index is 0.122. The van der Waals surface area contributed by atoms with Crippen molar-refractivity contribution in [2.24, 2.45) is 0 Å². The van der Waals surface area contributed by atoms with Crippen LogP contribution < -0.4 is 5.32 Å². The number of carbonyl (C=O) groups is 2. The zero-order valence-electron chi connectivity index (χ0n) is 20.1. The minimum atomic E-state index is -0.727. The number of rotatable bonds is 12. The molecule has 0 unspecified atom stereocenters. The Bertz CT molecular complexity index is 1120. The molecule has 0 aliphatic carbocycles. The summed E-state index contributed by atoms with van der Waals surface area (Å²) in [6.45, 7) is 2.74. The maximum absolute atomic E-state index is 13.7. The van der Waals surface area contributed by atoms with Crippen molar-refractivity contribution in [1.82, 2.24) is 10.2 Å². The van der Waals surface area contributed by atoms with E-state index in [0.29, 0.717) is 33.6 Å². The highest BCUT2D eigenvalue weighted by Gasteiger charge is 2.31. The van der Waals surface area contributed by atoms with E-state index in [1.807, 2.05) is 42.5 Å². The third-order valence-electron chi connectivity index (χ3n) is 5.67. The highest BCUT2D eigenvalue weighted by molar-refractivity contribution is 8.00. The van der Waals surface area contributed by atoms with Gasteiger partial charge in [0.25, 0.3) is 0 Å². The monoisotopic (exact) mass is 562 g/mol. The summed E-state index contributed by atoms with van der Waals surface area (Å²) >= 11 is 20.3. The van der Waals surface area contributed by atoms with E-state index >= 15 is 0 Å². The molecule has 4 nitrogen and oxygen atoms in total. The van der Waals surface area contributed by atoms with Gasteiger partial charge in [-0.3, -0.25) is 9.59 Å². The number of halogens is 3. The number of hydrogen-bond acceptors (Lipinski definition) is 3. The van der Waals surface area contributed by atoms with Crippen LogP contribution in [0.4, 0.5) is 0 Å². The van der Waals surface area contributed by atoms with Crippen LogP contribution in [-0.2, 0) is 22.6 Å². The van der Waals surface area contributed by atoms with Gasteiger partial charge in [0, 0.05) is 45.0 Å². The van der Waals surface area contributed by atoms with Gasteiger partial charge in [0.05, 0.1) is 5.75 Å². The molecule has 1 N–H and O–H groups in total. The van der Waals surface area contributed by atoms with E-state index in [2.05, 4.69) is 12.2 Å². The molecule has 36 heavy (non-hydrogen) atoms. The number of nitrogens with one attached hydrogen (secondary N) is 1. The maximum atomic E-state index is 13.7. The van der Waals surface area contributed by atoms with Crippen LogP contribution in [0, 0.1) is 0 Å². The quantitative estimate of drug-likeness (QED) is 0.186. The van der Waals surface area contributed by atoms with Crippen molar-refractivity contribution in [3.05, 3.63) is 99.0 Å². The van der Waals surface area contributed by atoms with Gasteiger partial charge in [0.2, 0.25) is 11.8 Å². The highest BCUT2D eigenvalue weighted by atomic mass is 35.5. The Morgan fingerprint density at radius 2 is 1.58 bits per heavy atom.